The number of para-hydroxylation sites is 1. The van der Waals surface area contributed by atoms with Crippen LogP contribution in [0, 0.1) is 20.8 Å². The van der Waals surface area contributed by atoms with Crippen LogP contribution in [0.1, 0.15) is 27.2 Å². The number of carbonyl (C=O) groups is 1. The number of carbonyl (C=O) groups excluding carboxylic acids is 1. The Hall–Kier alpha value is -4.46. The second-order valence-electron chi connectivity index (χ2n) is 7.94. The number of ether oxygens (including phenoxy) is 1. The van der Waals surface area contributed by atoms with E-state index < -0.39 is 5.97 Å². The number of benzene rings is 3. The molecule has 3 aromatic carbocycles. The number of methoxy groups -OCH3 is 1. The van der Waals surface area contributed by atoms with E-state index in [0.717, 1.165) is 11.1 Å². The fourth-order valence-corrected chi connectivity index (χ4v) is 3.58. The molecule has 0 bridgehead atoms. The summed E-state index contributed by atoms with van der Waals surface area (Å²) >= 11 is 0. The Morgan fingerprint density at radius 1 is 0.971 bits per heavy atom. The van der Waals surface area contributed by atoms with Gasteiger partial charge in [0.2, 0.25) is 0 Å². The Labute approximate surface area is 196 Å². The minimum Gasteiger partial charge on any atom is -0.505 e. The monoisotopic (exact) mass is 456 g/mol. The molecule has 2 N–H and O–H groups in total. The number of nitrogens with one attached hydrogen (secondary N) is 1. The molecule has 0 aliphatic carbocycles. The zero-order valence-electron chi connectivity index (χ0n) is 19.3. The average Bonchev–Trinajstić information content (AvgIpc) is 3.12. The number of H-pyrrole nitrogens is 1. The van der Waals surface area contributed by atoms with E-state index in [1.165, 1.54) is 11.8 Å². The molecule has 0 radical (unpaired) electrons. The summed E-state index contributed by atoms with van der Waals surface area (Å²) in [6.07, 6.45) is 0. The predicted octanol–water partition coefficient (Wildman–Crippen LogP) is 5.67. The first-order valence-corrected chi connectivity index (χ1v) is 10.6. The number of aromatic nitrogens is 2. The molecule has 8 nitrogen and oxygen atoms in total. The van der Waals surface area contributed by atoms with Gasteiger partial charge in [0.15, 0.2) is 11.4 Å². The maximum atomic E-state index is 13.0. The Balaban J connectivity index is 1.70. The maximum absolute atomic E-state index is 13.0. The van der Waals surface area contributed by atoms with Crippen LogP contribution in [0.5, 0.6) is 5.75 Å². The molecule has 0 fully saturated rings. The highest BCUT2D eigenvalue weighted by Gasteiger charge is 2.15. The zero-order valence-corrected chi connectivity index (χ0v) is 19.3. The van der Waals surface area contributed by atoms with Gasteiger partial charge in [0.05, 0.1) is 24.1 Å². The van der Waals surface area contributed by atoms with Crippen LogP contribution in [-0.2, 0) is 4.74 Å². The molecule has 0 aliphatic rings. The van der Waals surface area contributed by atoms with E-state index >= 15 is 0 Å². The smallest absolute Gasteiger partial charge is 0.337 e. The van der Waals surface area contributed by atoms with Crippen molar-refractivity contribution >= 4 is 17.3 Å². The van der Waals surface area contributed by atoms with Gasteiger partial charge in [0, 0.05) is 5.56 Å². The Morgan fingerprint density at radius 3 is 2.47 bits per heavy atom. The number of aromatic hydroxyl groups is 1. The molecule has 0 spiro atoms. The van der Waals surface area contributed by atoms with Crippen molar-refractivity contribution in [1.82, 2.24) is 9.78 Å². The number of hydrogen-bond donors (Lipinski definition) is 2. The minimum atomic E-state index is -0.472. The Morgan fingerprint density at radius 2 is 1.74 bits per heavy atom. The molecule has 0 amide bonds. The number of hydrogen-bond acceptors (Lipinski definition) is 6. The highest BCUT2D eigenvalue weighted by atomic mass is 16.5. The number of nitrogens with zero attached hydrogens (tertiary/aromatic N) is 3. The van der Waals surface area contributed by atoms with Gasteiger partial charge in [-0.25, -0.2) is 9.48 Å². The van der Waals surface area contributed by atoms with Crippen molar-refractivity contribution in [1.29, 1.82) is 0 Å². The predicted molar refractivity (Wildman–Crippen MR) is 130 cm³/mol. The summed E-state index contributed by atoms with van der Waals surface area (Å²) in [4.78, 5) is 24.8. The fourth-order valence-electron chi connectivity index (χ4n) is 3.58. The average molecular weight is 457 g/mol. The number of phenolic OH excluding ortho intramolecular Hbond substituents is 1. The van der Waals surface area contributed by atoms with Crippen LogP contribution < -0.4 is 5.56 Å². The van der Waals surface area contributed by atoms with Gasteiger partial charge in [-0.3, -0.25) is 9.89 Å². The van der Waals surface area contributed by atoms with Crippen LogP contribution in [0.4, 0.5) is 11.4 Å². The second-order valence-corrected chi connectivity index (χ2v) is 7.94. The molecule has 0 saturated heterocycles. The van der Waals surface area contributed by atoms with Gasteiger partial charge in [0.25, 0.3) is 5.56 Å². The highest BCUT2D eigenvalue weighted by molar-refractivity contribution is 5.91. The molecular weight excluding hydrogens is 432 g/mol. The third kappa shape index (κ3) is 4.25. The first kappa shape index (κ1) is 22.7. The summed E-state index contributed by atoms with van der Waals surface area (Å²) in [5.74, 6) is -0.587. The van der Waals surface area contributed by atoms with Gasteiger partial charge in [-0.15, -0.1) is 10.2 Å². The molecule has 8 heteroatoms. The largest absolute Gasteiger partial charge is 0.505 e. The molecule has 0 atom stereocenters. The first-order valence-electron chi connectivity index (χ1n) is 10.6. The molecule has 1 heterocycles. The maximum Gasteiger partial charge on any atom is 0.337 e. The normalized spacial score (nSPS) is 11.2. The van der Waals surface area contributed by atoms with Crippen molar-refractivity contribution in [2.45, 2.75) is 20.8 Å². The molecule has 4 aromatic rings. The van der Waals surface area contributed by atoms with E-state index in [1.54, 1.807) is 49.4 Å². The Bertz CT molecular complexity index is 1480. The quantitative estimate of drug-likeness (QED) is 0.298. The zero-order chi connectivity index (χ0) is 24.4. The van der Waals surface area contributed by atoms with E-state index in [2.05, 4.69) is 15.3 Å². The standard InChI is InChI=1S/C26H24N4O4/c1-15-11-12-20(13-16(15)2)30-25(32)23(17(3)29-30)28-27-22-10-6-9-21(24(22)31)18-7-5-8-19(14-18)26(33)34-4/h5-14,29,31H,1-4H3. The molecular formula is C26H24N4O4. The second kappa shape index (κ2) is 9.19. The summed E-state index contributed by atoms with van der Waals surface area (Å²) < 4.78 is 6.19. The molecule has 1 aromatic heterocycles. The van der Waals surface area contributed by atoms with Crippen LogP contribution in [-0.4, -0.2) is 28.0 Å². The van der Waals surface area contributed by atoms with E-state index in [0.29, 0.717) is 28.1 Å². The van der Waals surface area contributed by atoms with Gasteiger partial charge < -0.3 is 9.84 Å². The van der Waals surface area contributed by atoms with Crippen molar-refractivity contribution in [2.24, 2.45) is 10.2 Å². The summed E-state index contributed by atoms with van der Waals surface area (Å²) in [5.41, 5.74) is 4.90. The fraction of sp³-hybridized carbons (Fsp3) is 0.154. The van der Waals surface area contributed by atoms with Crippen molar-refractivity contribution in [3.8, 4) is 22.6 Å². The summed E-state index contributed by atoms with van der Waals surface area (Å²) in [6.45, 7) is 5.73. The molecule has 0 aliphatic heterocycles. The first-order chi connectivity index (χ1) is 16.3. The van der Waals surface area contributed by atoms with Crippen molar-refractivity contribution in [2.75, 3.05) is 7.11 Å². The van der Waals surface area contributed by atoms with Gasteiger partial charge in [-0.05, 0) is 67.8 Å². The number of rotatable bonds is 5. The summed E-state index contributed by atoms with van der Waals surface area (Å²) in [6, 6.07) is 17.5. The highest BCUT2D eigenvalue weighted by Crippen LogP contribution is 2.38. The van der Waals surface area contributed by atoms with E-state index in [1.807, 2.05) is 32.0 Å². The summed E-state index contributed by atoms with van der Waals surface area (Å²) in [5, 5.41) is 22.1. The molecule has 0 unspecified atom stereocenters. The molecule has 34 heavy (non-hydrogen) atoms. The van der Waals surface area contributed by atoms with Crippen molar-refractivity contribution < 1.29 is 14.6 Å². The lowest BCUT2D eigenvalue weighted by molar-refractivity contribution is 0.0600. The van der Waals surface area contributed by atoms with Crippen LogP contribution >= 0.6 is 0 Å². The number of esters is 1. The Kier molecular flexibility index (Phi) is 6.14. The lowest BCUT2D eigenvalue weighted by Gasteiger charge is -2.08. The lowest BCUT2D eigenvalue weighted by Crippen LogP contribution is -2.14. The van der Waals surface area contributed by atoms with Crippen molar-refractivity contribution in [3.05, 3.63) is 93.4 Å². The SMILES string of the molecule is COC(=O)c1cccc(-c2cccc(N=Nc3c(C)[nH]n(-c4ccc(C)c(C)c4)c3=O)c2O)c1. The molecule has 172 valence electrons. The van der Waals surface area contributed by atoms with E-state index in [9.17, 15) is 14.7 Å². The number of aromatic amines is 1. The van der Waals surface area contributed by atoms with Gasteiger partial charge in [-0.2, -0.15) is 0 Å². The molecule has 0 saturated carbocycles. The van der Waals surface area contributed by atoms with Crippen LogP contribution in [0.25, 0.3) is 16.8 Å². The van der Waals surface area contributed by atoms with Crippen molar-refractivity contribution in [3.63, 3.8) is 0 Å². The van der Waals surface area contributed by atoms with Gasteiger partial charge >= 0.3 is 5.97 Å². The third-order valence-electron chi connectivity index (χ3n) is 5.66. The van der Waals surface area contributed by atoms with Crippen LogP contribution in [0.15, 0.2) is 75.7 Å². The number of aryl methyl sites for hydroxylation is 3. The van der Waals surface area contributed by atoms with E-state index in [4.69, 9.17) is 4.74 Å². The number of phenols is 1. The van der Waals surface area contributed by atoms with Crippen LogP contribution in [0.3, 0.4) is 0 Å². The van der Waals surface area contributed by atoms with Gasteiger partial charge in [0.1, 0.15) is 5.69 Å². The molecule has 4 rings (SSSR count). The minimum absolute atomic E-state index is 0.115. The number of azo groups is 1. The van der Waals surface area contributed by atoms with E-state index in [-0.39, 0.29) is 22.7 Å². The third-order valence-corrected chi connectivity index (χ3v) is 5.66. The summed E-state index contributed by atoms with van der Waals surface area (Å²) in [7, 11) is 1.31. The topological polar surface area (TPSA) is 109 Å². The van der Waals surface area contributed by atoms with Crippen LogP contribution in [0.2, 0.25) is 0 Å². The van der Waals surface area contributed by atoms with Gasteiger partial charge in [-0.1, -0.05) is 30.3 Å². The lowest BCUT2D eigenvalue weighted by atomic mass is 10.0.